The highest BCUT2D eigenvalue weighted by Crippen LogP contribution is 2.36. The van der Waals surface area contributed by atoms with Gasteiger partial charge in [0.1, 0.15) is 16.5 Å². The summed E-state index contributed by atoms with van der Waals surface area (Å²) < 4.78 is 2.90. The zero-order valence-corrected chi connectivity index (χ0v) is 12.1. The summed E-state index contributed by atoms with van der Waals surface area (Å²) in [5, 5.41) is 0. The van der Waals surface area contributed by atoms with Crippen LogP contribution >= 0.6 is 0 Å². The normalized spacial score (nSPS) is 24.8. The van der Waals surface area contributed by atoms with Gasteiger partial charge in [-0.3, -0.25) is 0 Å². The van der Waals surface area contributed by atoms with E-state index in [1.807, 2.05) is 0 Å². The number of nitrogens with zero attached hydrogens (tertiary/aromatic N) is 1. The molecule has 0 N–H and O–H groups in total. The Balaban J connectivity index is 2.58. The minimum absolute atomic E-state index is 0.950. The van der Waals surface area contributed by atoms with Gasteiger partial charge in [0.2, 0.25) is 0 Å². The van der Waals surface area contributed by atoms with Crippen LogP contribution in [0.3, 0.4) is 0 Å². The number of terminal acetylenes is 1. The van der Waals surface area contributed by atoms with Gasteiger partial charge in [-0.25, -0.2) is 0 Å². The van der Waals surface area contributed by atoms with Crippen molar-refractivity contribution in [2.45, 2.75) is 51.1 Å². The van der Waals surface area contributed by atoms with E-state index in [0.717, 1.165) is 6.42 Å². The predicted molar refractivity (Wildman–Crippen MR) is 69.4 cm³/mol. The van der Waals surface area contributed by atoms with Crippen LogP contribution in [0.1, 0.15) is 12.8 Å². The van der Waals surface area contributed by atoms with Crippen LogP contribution in [0.5, 0.6) is 0 Å². The smallest absolute Gasteiger partial charge is 0.115 e. The zero-order chi connectivity index (χ0) is 10.8. The maximum absolute atomic E-state index is 5.30. The Labute approximate surface area is 91.1 Å². The van der Waals surface area contributed by atoms with Gasteiger partial charge in [0.25, 0.3) is 0 Å². The van der Waals surface area contributed by atoms with E-state index in [2.05, 4.69) is 36.3 Å². The molecule has 1 fully saturated rings. The first-order chi connectivity index (χ1) is 6.40. The molecule has 1 heterocycles. The van der Waals surface area contributed by atoms with E-state index in [9.17, 15) is 0 Å². The second-order valence-electron chi connectivity index (χ2n) is 5.58. The highest BCUT2D eigenvalue weighted by molar-refractivity contribution is 6.95. The molecule has 0 aromatic carbocycles. The van der Waals surface area contributed by atoms with E-state index in [1.165, 1.54) is 25.1 Å². The summed E-state index contributed by atoms with van der Waals surface area (Å²) in [6.45, 7) is 11.3. The molecule has 1 saturated heterocycles. The summed E-state index contributed by atoms with van der Waals surface area (Å²) in [5.41, 5.74) is 0. The lowest BCUT2D eigenvalue weighted by Gasteiger charge is -2.38. The minimum Gasteiger partial charge on any atom is -0.345 e. The molecule has 0 aromatic heterocycles. The van der Waals surface area contributed by atoms with Crippen molar-refractivity contribution in [3.8, 4) is 12.3 Å². The first kappa shape index (κ1) is 12.0. The van der Waals surface area contributed by atoms with Gasteiger partial charge in [0, 0.05) is 6.42 Å². The molecular formula is C11H23NSi2. The summed E-state index contributed by atoms with van der Waals surface area (Å²) in [4.78, 5) is 0. The van der Waals surface area contributed by atoms with Gasteiger partial charge >= 0.3 is 0 Å². The quantitative estimate of drug-likeness (QED) is 0.405. The van der Waals surface area contributed by atoms with Crippen LogP contribution in [0.15, 0.2) is 0 Å². The summed E-state index contributed by atoms with van der Waals surface area (Å²) in [7, 11) is -2.06. The molecule has 0 saturated carbocycles. The lowest BCUT2D eigenvalue weighted by Crippen LogP contribution is -2.55. The van der Waals surface area contributed by atoms with Crippen LogP contribution in [-0.4, -0.2) is 27.2 Å². The Morgan fingerprint density at radius 3 is 2.07 bits per heavy atom. The Morgan fingerprint density at radius 1 is 1.14 bits per heavy atom. The fourth-order valence-electron chi connectivity index (χ4n) is 2.65. The second-order valence-corrected chi connectivity index (χ2v) is 15.4. The van der Waals surface area contributed by atoms with Crippen molar-refractivity contribution >= 4 is 16.5 Å². The highest BCUT2D eigenvalue weighted by Gasteiger charge is 2.46. The van der Waals surface area contributed by atoms with Crippen LogP contribution in [0, 0.1) is 12.3 Å². The van der Waals surface area contributed by atoms with Gasteiger partial charge in [-0.2, -0.15) is 0 Å². The first-order valence-corrected chi connectivity index (χ1v) is 11.9. The Hall–Kier alpha value is -0.0462. The number of rotatable bonds is 3. The van der Waals surface area contributed by atoms with E-state index < -0.39 is 16.5 Å². The van der Waals surface area contributed by atoms with Gasteiger partial charge in [0.15, 0.2) is 0 Å². The average molecular weight is 225 g/mol. The molecule has 0 atom stereocenters. The van der Waals surface area contributed by atoms with Crippen molar-refractivity contribution < 1.29 is 0 Å². The first-order valence-electron chi connectivity index (χ1n) is 5.61. The third kappa shape index (κ3) is 2.50. The topological polar surface area (TPSA) is 3.24 Å². The summed E-state index contributed by atoms with van der Waals surface area (Å²) in [6, 6.07) is 3.00. The molecule has 0 radical (unpaired) electrons. The molecule has 1 rings (SSSR count). The zero-order valence-electron chi connectivity index (χ0n) is 10.1. The molecular weight excluding hydrogens is 202 g/mol. The van der Waals surface area contributed by atoms with Crippen LogP contribution in [0.4, 0.5) is 0 Å². The lowest BCUT2D eigenvalue weighted by atomic mass is 10.3. The molecule has 1 nitrogen and oxygen atoms in total. The maximum Gasteiger partial charge on any atom is 0.115 e. The molecule has 0 bridgehead atoms. The second kappa shape index (κ2) is 4.22. The minimum atomic E-state index is -1.03. The summed E-state index contributed by atoms with van der Waals surface area (Å²) in [6.07, 6.45) is 7.45. The Morgan fingerprint density at radius 2 is 1.64 bits per heavy atom. The molecule has 80 valence electrons. The Kier molecular flexibility index (Phi) is 3.62. The molecule has 1 aliphatic heterocycles. The molecule has 0 aliphatic carbocycles. The molecule has 0 spiro atoms. The maximum atomic E-state index is 5.30. The van der Waals surface area contributed by atoms with Crippen molar-refractivity contribution in [3.63, 3.8) is 0 Å². The fourth-order valence-corrected chi connectivity index (χ4v) is 16.8. The van der Waals surface area contributed by atoms with E-state index >= 15 is 0 Å². The van der Waals surface area contributed by atoms with Crippen molar-refractivity contribution in [2.75, 3.05) is 6.54 Å². The summed E-state index contributed by atoms with van der Waals surface area (Å²) >= 11 is 0. The van der Waals surface area contributed by atoms with Crippen molar-refractivity contribution in [1.29, 1.82) is 0 Å². The average Bonchev–Trinajstić information content (AvgIpc) is 2.27. The largest absolute Gasteiger partial charge is 0.345 e. The number of hydrogen-bond donors (Lipinski definition) is 0. The van der Waals surface area contributed by atoms with E-state index in [-0.39, 0.29) is 0 Å². The van der Waals surface area contributed by atoms with Gasteiger partial charge in [-0.15, -0.1) is 12.3 Å². The fraction of sp³-hybridized carbons (Fsp3) is 0.818. The highest BCUT2D eigenvalue weighted by atomic mass is 28.4. The van der Waals surface area contributed by atoms with Gasteiger partial charge in [0.05, 0.1) is 0 Å². The molecule has 1 aliphatic rings. The lowest BCUT2D eigenvalue weighted by molar-refractivity contribution is 0.597. The van der Waals surface area contributed by atoms with E-state index in [4.69, 9.17) is 6.42 Å². The molecule has 0 unspecified atom stereocenters. The van der Waals surface area contributed by atoms with Crippen LogP contribution < -0.4 is 0 Å². The van der Waals surface area contributed by atoms with E-state index in [0.29, 0.717) is 0 Å². The monoisotopic (exact) mass is 225 g/mol. The van der Waals surface area contributed by atoms with E-state index in [1.54, 1.807) is 0 Å². The number of hydrogen-bond acceptors (Lipinski definition) is 1. The van der Waals surface area contributed by atoms with Gasteiger partial charge in [-0.1, -0.05) is 26.2 Å². The van der Waals surface area contributed by atoms with Crippen LogP contribution in [-0.2, 0) is 0 Å². The van der Waals surface area contributed by atoms with Crippen LogP contribution in [0.25, 0.3) is 0 Å². The van der Waals surface area contributed by atoms with Crippen LogP contribution in [0.2, 0.25) is 38.3 Å². The third-order valence-corrected chi connectivity index (χ3v) is 14.0. The molecule has 3 heteroatoms. The van der Waals surface area contributed by atoms with Crippen molar-refractivity contribution in [2.24, 2.45) is 0 Å². The van der Waals surface area contributed by atoms with Crippen molar-refractivity contribution in [1.82, 2.24) is 4.23 Å². The standard InChI is InChI=1S/C11H23NSi2/c1-6-7-8-9-12-13(2,3)10-11-14(12,4)5/h1H,7-11H2,2-5H3. The Bertz CT molecular complexity index is 224. The van der Waals surface area contributed by atoms with Gasteiger partial charge < -0.3 is 4.23 Å². The molecule has 0 amide bonds. The molecule has 0 aromatic rings. The third-order valence-electron chi connectivity index (χ3n) is 3.51. The van der Waals surface area contributed by atoms with Crippen molar-refractivity contribution in [3.05, 3.63) is 0 Å². The SMILES string of the molecule is C#CCCCN1[Si](C)(C)CC[Si]1(C)C. The van der Waals surface area contributed by atoms with Gasteiger partial charge in [-0.05, 0) is 25.1 Å². The predicted octanol–water partition coefficient (Wildman–Crippen LogP) is 3.13. The summed E-state index contributed by atoms with van der Waals surface area (Å²) in [5.74, 6) is 2.75. The number of unbranched alkanes of at least 4 members (excludes halogenated alkanes) is 1. The molecule has 14 heavy (non-hydrogen) atoms.